The molecule has 0 aliphatic rings. The number of nitrogens with zero attached hydrogens (tertiary/aromatic N) is 1. The van der Waals surface area contributed by atoms with Gasteiger partial charge in [0.05, 0.1) is 27.2 Å². The summed E-state index contributed by atoms with van der Waals surface area (Å²) in [7, 11) is 1.81. The van der Waals surface area contributed by atoms with Crippen molar-refractivity contribution in [3.05, 3.63) is 0 Å². The molecule has 1 unspecified atom stereocenters. The second-order valence-electron chi connectivity index (χ2n) is 9.13. The molecular formula is C22H48NO4P. The van der Waals surface area contributed by atoms with Crippen molar-refractivity contribution in [1.82, 2.24) is 0 Å². The molecule has 28 heavy (non-hydrogen) atoms. The van der Waals surface area contributed by atoms with E-state index in [0.717, 1.165) is 38.5 Å². The van der Waals surface area contributed by atoms with E-state index in [1.165, 1.54) is 51.4 Å². The lowest BCUT2D eigenvalue weighted by Crippen LogP contribution is -2.37. The Hall–Kier alpha value is 0.0700. The lowest BCUT2D eigenvalue weighted by atomic mass is 10.0. The van der Waals surface area contributed by atoms with E-state index < -0.39 is 7.82 Å². The highest BCUT2D eigenvalue weighted by Gasteiger charge is 2.19. The maximum absolute atomic E-state index is 12.3. The molecule has 0 saturated heterocycles. The maximum Gasteiger partial charge on any atom is 0.268 e. The second kappa shape index (κ2) is 16.8. The van der Waals surface area contributed by atoms with Crippen molar-refractivity contribution in [3.63, 3.8) is 0 Å². The summed E-state index contributed by atoms with van der Waals surface area (Å²) in [5.41, 5.74) is 0. The minimum atomic E-state index is -4.23. The van der Waals surface area contributed by atoms with Crippen LogP contribution in [0.5, 0.6) is 0 Å². The number of quaternary nitrogens is 1. The van der Waals surface area contributed by atoms with Crippen molar-refractivity contribution in [2.45, 2.75) is 110 Å². The summed E-state index contributed by atoms with van der Waals surface area (Å²) in [4.78, 5) is 12.3. The Balaban J connectivity index is 4.32. The number of hydrogen-bond donors (Lipinski definition) is 0. The van der Waals surface area contributed by atoms with Gasteiger partial charge in [-0.05, 0) is 12.8 Å². The van der Waals surface area contributed by atoms with E-state index in [-0.39, 0.29) is 12.7 Å². The molecule has 170 valence electrons. The van der Waals surface area contributed by atoms with Gasteiger partial charge in [0.2, 0.25) is 0 Å². The van der Waals surface area contributed by atoms with Crippen LogP contribution in [0.25, 0.3) is 0 Å². The van der Waals surface area contributed by atoms with E-state index in [2.05, 4.69) is 13.8 Å². The normalized spacial score (nSPS) is 14.5. The number of likely N-dealkylation sites (N-methyl/N-ethyl adjacent to an activating group) is 1. The fourth-order valence-corrected chi connectivity index (χ4v) is 4.14. The SMILES string of the molecule is CCCCCCCCC(CCCCCCCC)OP(=O)([O-])OCC[N+](C)(C)C. The molecule has 0 radical (unpaired) electrons. The van der Waals surface area contributed by atoms with Gasteiger partial charge in [0, 0.05) is 0 Å². The first-order valence-corrected chi connectivity index (χ1v) is 13.1. The largest absolute Gasteiger partial charge is 0.756 e. The predicted molar refractivity (Wildman–Crippen MR) is 117 cm³/mol. The van der Waals surface area contributed by atoms with Crippen LogP contribution in [-0.4, -0.2) is 44.9 Å². The third-order valence-corrected chi connectivity index (χ3v) is 6.10. The van der Waals surface area contributed by atoms with Crippen LogP contribution in [0.3, 0.4) is 0 Å². The Labute approximate surface area is 175 Å². The van der Waals surface area contributed by atoms with Crippen LogP contribution in [0.2, 0.25) is 0 Å². The molecule has 0 aliphatic carbocycles. The fraction of sp³-hybridized carbons (Fsp3) is 1.00. The summed E-state index contributed by atoms with van der Waals surface area (Å²) in [6.45, 7) is 5.24. The average Bonchev–Trinajstić information content (AvgIpc) is 2.59. The van der Waals surface area contributed by atoms with Crippen molar-refractivity contribution in [2.75, 3.05) is 34.3 Å². The molecule has 0 aromatic heterocycles. The number of phosphoric ester groups is 1. The lowest BCUT2D eigenvalue weighted by Gasteiger charge is -2.30. The third kappa shape index (κ3) is 19.4. The molecule has 1 atom stereocenters. The molecule has 0 bridgehead atoms. The molecule has 0 fully saturated rings. The molecule has 0 aromatic carbocycles. The van der Waals surface area contributed by atoms with Crippen LogP contribution >= 0.6 is 7.82 Å². The standard InChI is InChI=1S/C22H48NO4P/c1-6-8-10-12-14-16-18-22(19-17-15-13-11-9-7-2)27-28(24,25)26-21-20-23(3,4)5/h22H,6-21H2,1-5H3. The Morgan fingerprint density at radius 2 is 1.21 bits per heavy atom. The van der Waals surface area contributed by atoms with Crippen LogP contribution in [0.4, 0.5) is 0 Å². The molecule has 0 N–H and O–H groups in total. The molecule has 0 aliphatic heterocycles. The molecule has 0 rings (SSSR count). The van der Waals surface area contributed by atoms with Crippen LogP contribution < -0.4 is 4.89 Å². The number of phosphoric acid groups is 1. The van der Waals surface area contributed by atoms with E-state index in [4.69, 9.17) is 9.05 Å². The van der Waals surface area contributed by atoms with Gasteiger partial charge in [-0.1, -0.05) is 90.9 Å². The molecule has 0 spiro atoms. The van der Waals surface area contributed by atoms with Crippen molar-refractivity contribution >= 4 is 7.82 Å². The van der Waals surface area contributed by atoms with E-state index in [1.54, 1.807) is 0 Å². The van der Waals surface area contributed by atoms with Gasteiger partial charge in [0.15, 0.2) is 0 Å². The molecule has 6 heteroatoms. The highest BCUT2D eigenvalue weighted by molar-refractivity contribution is 7.45. The molecule has 0 heterocycles. The van der Waals surface area contributed by atoms with E-state index in [1.807, 2.05) is 21.1 Å². The minimum Gasteiger partial charge on any atom is -0.756 e. The van der Waals surface area contributed by atoms with Gasteiger partial charge < -0.3 is 18.4 Å². The molecule has 5 nitrogen and oxygen atoms in total. The van der Waals surface area contributed by atoms with Gasteiger partial charge in [-0.3, -0.25) is 4.57 Å². The zero-order valence-electron chi connectivity index (χ0n) is 19.4. The minimum absolute atomic E-state index is 0.172. The Bertz CT molecular complexity index is 382. The Kier molecular flexibility index (Phi) is 16.9. The van der Waals surface area contributed by atoms with E-state index in [9.17, 15) is 9.46 Å². The van der Waals surface area contributed by atoms with Gasteiger partial charge in [0.25, 0.3) is 7.82 Å². The quantitative estimate of drug-likeness (QED) is 0.136. The van der Waals surface area contributed by atoms with E-state index >= 15 is 0 Å². The fourth-order valence-electron chi connectivity index (χ4n) is 3.19. The smallest absolute Gasteiger partial charge is 0.268 e. The van der Waals surface area contributed by atoms with Crippen molar-refractivity contribution in [2.24, 2.45) is 0 Å². The summed E-state index contributed by atoms with van der Waals surface area (Å²) in [6, 6.07) is 0. The zero-order valence-corrected chi connectivity index (χ0v) is 20.3. The highest BCUT2D eigenvalue weighted by Crippen LogP contribution is 2.41. The summed E-state index contributed by atoms with van der Waals surface area (Å²) in [5.74, 6) is 0. The number of unbranched alkanes of at least 4 members (excludes halogenated alkanes) is 10. The molecule has 0 aromatic rings. The van der Waals surface area contributed by atoms with Crippen LogP contribution in [0.1, 0.15) is 104 Å². The zero-order chi connectivity index (χ0) is 21.3. The Morgan fingerprint density at radius 1 is 0.786 bits per heavy atom. The van der Waals surface area contributed by atoms with Crippen molar-refractivity contribution < 1.29 is 23.0 Å². The van der Waals surface area contributed by atoms with Crippen molar-refractivity contribution in [1.29, 1.82) is 0 Å². The van der Waals surface area contributed by atoms with Crippen molar-refractivity contribution in [3.8, 4) is 0 Å². The predicted octanol–water partition coefficient (Wildman–Crippen LogP) is 6.06. The lowest BCUT2D eigenvalue weighted by molar-refractivity contribution is -0.870. The van der Waals surface area contributed by atoms with Gasteiger partial charge in [-0.25, -0.2) is 0 Å². The summed E-state index contributed by atoms with van der Waals surface area (Å²) in [5, 5.41) is 0. The van der Waals surface area contributed by atoms with Crippen LogP contribution in [0, 0.1) is 0 Å². The molecular weight excluding hydrogens is 373 g/mol. The van der Waals surface area contributed by atoms with Gasteiger partial charge in [-0.2, -0.15) is 0 Å². The highest BCUT2D eigenvalue weighted by atomic mass is 31.2. The van der Waals surface area contributed by atoms with Gasteiger partial charge in [-0.15, -0.1) is 0 Å². The maximum atomic E-state index is 12.3. The monoisotopic (exact) mass is 421 g/mol. The molecule has 0 saturated carbocycles. The first-order chi connectivity index (χ1) is 13.2. The summed E-state index contributed by atoms with van der Waals surface area (Å²) in [6.07, 6.45) is 15.8. The van der Waals surface area contributed by atoms with Gasteiger partial charge in [0.1, 0.15) is 13.2 Å². The Morgan fingerprint density at radius 3 is 1.64 bits per heavy atom. The average molecular weight is 422 g/mol. The third-order valence-electron chi connectivity index (χ3n) is 5.05. The second-order valence-corrected chi connectivity index (χ2v) is 10.5. The van der Waals surface area contributed by atoms with Crippen LogP contribution in [-0.2, 0) is 13.6 Å². The number of rotatable bonds is 20. The van der Waals surface area contributed by atoms with Gasteiger partial charge >= 0.3 is 0 Å². The van der Waals surface area contributed by atoms with E-state index in [0.29, 0.717) is 11.0 Å². The topological polar surface area (TPSA) is 58.6 Å². The molecule has 0 amide bonds. The van der Waals surface area contributed by atoms with Crippen LogP contribution in [0.15, 0.2) is 0 Å². The first-order valence-electron chi connectivity index (χ1n) is 11.6. The summed E-state index contributed by atoms with van der Waals surface area (Å²) >= 11 is 0. The summed E-state index contributed by atoms with van der Waals surface area (Å²) < 4.78 is 23.5. The number of hydrogen-bond acceptors (Lipinski definition) is 4. The first kappa shape index (κ1) is 28.1.